The number of rotatable bonds is 5. The third-order valence-electron chi connectivity index (χ3n) is 4.08. The average Bonchev–Trinajstić information content (AvgIpc) is 2.96. The van der Waals surface area contributed by atoms with Crippen molar-refractivity contribution >= 4 is 75.8 Å². The van der Waals surface area contributed by atoms with E-state index >= 15 is 0 Å². The summed E-state index contributed by atoms with van der Waals surface area (Å²) in [4.78, 5) is 12.3. The third-order valence-corrected chi connectivity index (χ3v) is 5.06. The molecule has 1 aromatic rings. The molecule has 1 aliphatic carbocycles. The number of hydrogen-bond donors (Lipinski definition) is 0. The van der Waals surface area contributed by atoms with Crippen LogP contribution in [-0.2, 0) is 16.1 Å². The number of benzene rings is 1. The van der Waals surface area contributed by atoms with Gasteiger partial charge in [-0.2, -0.15) is 0 Å². The first-order valence-electron chi connectivity index (χ1n) is 7.03. The predicted molar refractivity (Wildman–Crippen MR) is 109 cm³/mol. The summed E-state index contributed by atoms with van der Waals surface area (Å²) < 4.78 is 7.26. The number of esters is 1. The van der Waals surface area contributed by atoms with Gasteiger partial charge in [-0.1, -0.05) is 38.1 Å². The predicted octanol–water partition coefficient (Wildman–Crippen LogP) is 6.72. The highest BCUT2D eigenvalue weighted by Crippen LogP contribution is 2.60. The fourth-order valence-electron chi connectivity index (χ4n) is 2.72. The van der Waals surface area contributed by atoms with Gasteiger partial charge in [0.25, 0.3) is 0 Å². The van der Waals surface area contributed by atoms with Crippen molar-refractivity contribution in [1.29, 1.82) is 0 Å². The van der Waals surface area contributed by atoms with Gasteiger partial charge in [0.1, 0.15) is 6.61 Å². The molecule has 2 rings (SSSR count). The summed E-state index contributed by atoms with van der Waals surface area (Å²) in [5, 5.41) is 0. The van der Waals surface area contributed by atoms with E-state index in [1.807, 2.05) is 36.4 Å². The van der Waals surface area contributed by atoms with Crippen LogP contribution in [0.5, 0.6) is 0 Å². The summed E-state index contributed by atoms with van der Waals surface area (Å²) in [7, 11) is 0. The van der Waals surface area contributed by atoms with Crippen molar-refractivity contribution in [3.63, 3.8) is 0 Å². The molecule has 0 aromatic heterocycles. The van der Waals surface area contributed by atoms with Crippen molar-refractivity contribution < 1.29 is 9.53 Å². The van der Waals surface area contributed by atoms with Gasteiger partial charge in [-0.15, -0.1) is 0 Å². The first kappa shape index (κ1) is 19.4. The van der Waals surface area contributed by atoms with Crippen LogP contribution in [0.25, 0.3) is 6.08 Å². The van der Waals surface area contributed by atoms with E-state index in [9.17, 15) is 4.79 Å². The van der Waals surface area contributed by atoms with Crippen LogP contribution in [-0.4, -0.2) is 5.97 Å². The summed E-state index contributed by atoms with van der Waals surface area (Å²) in [5.74, 6) is -0.0325. The second-order valence-electron chi connectivity index (χ2n) is 6.07. The molecule has 1 saturated carbocycles. The maximum Gasteiger partial charge on any atom is 0.310 e. The first-order valence-corrected chi connectivity index (χ1v) is 10.2. The lowest BCUT2D eigenvalue weighted by Crippen LogP contribution is -2.10. The molecule has 0 heterocycles. The Bertz CT molecular complexity index is 656. The van der Waals surface area contributed by atoms with Gasteiger partial charge in [0.15, 0.2) is 0 Å². The zero-order chi connectivity index (χ0) is 17.2. The minimum absolute atomic E-state index is 0.0602. The molecule has 2 nitrogen and oxygen atoms in total. The topological polar surface area (TPSA) is 26.3 Å². The molecular formula is C17H16Br4O2. The van der Waals surface area contributed by atoms with Crippen LogP contribution < -0.4 is 0 Å². The molecule has 23 heavy (non-hydrogen) atoms. The van der Waals surface area contributed by atoms with Crippen molar-refractivity contribution in [3.8, 4) is 0 Å². The molecule has 1 aliphatic rings. The fourth-order valence-corrected chi connectivity index (χ4v) is 3.82. The highest BCUT2D eigenvalue weighted by atomic mass is 79.9. The van der Waals surface area contributed by atoms with Gasteiger partial charge in [0, 0.05) is 0 Å². The van der Waals surface area contributed by atoms with Crippen LogP contribution in [0.3, 0.4) is 0 Å². The average molecular weight is 572 g/mol. The Morgan fingerprint density at radius 2 is 1.91 bits per heavy atom. The van der Waals surface area contributed by atoms with E-state index < -0.39 is 0 Å². The second-order valence-corrected chi connectivity index (χ2v) is 11.6. The number of halogens is 4. The monoisotopic (exact) mass is 568 g/mol. The number of hydrogen-bond acceptors (Lipinski definition) is 2. The molecule has 0 spiro atoms. The quantitative estimate of drug-likeness (QED) is 0.367. The molecule has 0 bridgehead atoms. The Hall–Kier alpha value is 0.0900. The van der Waals surface area contributed by atoms with Crippen molar-refractivity contribution in [2.75, 3.05) is 0 Å². The van der Waals surface area contributed by atoms with E-state index in [1.165, 1.54) is 0 Å². The molecule has 0 radical (unpaired) electrons. The molecule has 0 N–H and O–H groups in total. The SMILES string of the molecule is CC1(C)C(C=C(Br)Br)C1C(=O)OCc1cccc(C=C(Br)Br)c1. The van der Waals surface area contributed by atoms with E-state index in [-0.39, 0.29) is 23.2 Å². The molecule has 6 heteroatoms. The number of allylic oxidation sites excluding steroid dienone is 1. The van der Waals surface area contributed by atoms with Crippen LogP contribution in [0.1, 0.15) is 25.0 Å². The molecule has 2 atom stereocenters. The van der Waals surface area contributed by atoms with E-state index in [0.717, 1.165) is 17.9 Å². The first-order chi connectivity index (χ1) is 10.7. The van der Waals surface area contributed by atoms with Gasteiger partial charge < -0.3 is 4.74 Å². The third kappa shape index (κ3) is 5.28. The molecular weight excluding hydrogens is 556 g/mol. The van der Waals surface area contributed by atoms with Gasteiger partial charge in [-0.05, 0) is 98.3 Å². The van der Waals surface area contributed by atoms with Crippen molar-refractivity contribution in [2.24, 2.45) is 17.3 Å². The van der Waals surface area contributed by atoms with E-state index in [2.05, 4.69) is 77.6 Å². The lowest BCUT2D eigenvalue weighted by Gasteiger charge is -2.06. The largest absolute Gasteiger partial charge is 0.461 e. The molecule has 0 saturated heterocycles. The minimum Gasteiger partial charge on any atom is -0.461 e. The van der Waals surface area contributed by atoms with Crippen LogP contribution >= 0.6 is 63.7 Å². The van der Waals surface area contributed by atoms with Gasteiger partial charge in [0.2, 0.25) is 0 Å². The number of ether oxygens (including phenoxy) is 1. The molecule has 0 amide bonds. The van der Waals surface area contributed by atoms with E-state index in [1.54, 1.807) is 0 Å². The summed E-state index contributed by atoms with van der Waals surface area (Å²) in [6.07, 6.45) is 3.97. The van der Waals surface area contributed by atoms with Crippen LogP contribution in [0.15, 0.2) is 37.1 Å². The van der Waals surface area contributed by atoms with Gasteiger partial charge in [-0.3, -0.25) is 4.79 Å². The number of carbonyl (C=O) groups is 1. The number of carbonyl (C=O) groups excluding carboxylic acids is 1. The van der Waals surface area contributed by atoms with Crippen LogP contribution in [0.4, 0.5) is 0 Å². The maximum atomic E-state index is 12.3. The van der Waals surface area contributed by atoms with Gasteiger partial charge in [0.05, 0.1) is 12.7 Å². The van der Waals surface area contributed by atoms with Gasteiger partial charge >= 0.3 is 5.97 Å². The standard InChI is InChI=1S/C17H16Br4O2/c1-17(2)12(8-14(20)21)15(17)16(22)23-9-11-5-3-4-10(6-11)7-13(18)19/h3-8,12,15H,9H2,1-2H3. The zero-order valence-corrected chi connectivity index (χ0v) is 19.0. The molecule has 1 aromatic carbocycles. The van der Waals surface area contributed by atoms with Crippen LogP contribution in [0, 0.1) is 17.3 Å². The lowest BCUT2D eigenvalue weighted by molar-refractivity contribution is -0.147. The maximum absolute atomic E-state index is 12.3. The second kappa shape index (κ2) is 7.98. The summed E-state index contributed by atoms with van der Waals surface area (Å²) in [6, 6.07) is 7.90. The van der Waals surface area contributed by atoms with E-state index in [4.69, 9.17) is 4.74 Å². The Kier molecular flexibility index (Phi) is 6.74. The minimum atomic E-state index is -0.139. The Balaban J connectivity index is 1.98. The molecule has 1 fully saturated rings. The summed E-state index contributed by atoms with van der Waals surface area (Å²) in [5.41, 5.74) is 1.95. The highest BCUT2D eigenvalue weighted by Gasteiger charge is 2.61. The van der Waals surface area contributed by atoms with Gasteiger partial charge in [-0.25, -0.2) is 0 Å². The fraction of sp³-hybridized carbons (Fsp3) is 0.353. The summed E-state index contributed by atoms with van der Waals surface area (Å²) in [6.45, 7) is 4.46. The summed E-state index contributed by atoms with van der Waals surface area (Å²) >= 11 is 13.4. The lowest BCUT2D eigenvalue weighted by atomic mass is 10.1. The Labute approximate surface area is 170 Å². The van der Waals surface area contributed by atoms with Crippen molar-refractivity contribution in [1.82, 2.24) is 0 Å². The van der Waals surface area contributed by atoms with Crippen LogP contribution in [0.2, 0.25) is 0 Å². The zero-order valence-electron chi connectivity index (χ0n) is 12.7. The van der Waals surface area contributed by atoms with Crippen molar-refractivity contribution in [2.45, 2.75) is 20.5 Å². The molecule has 2 unspecified atom stereocenters. The molecule has 124 valence electrons. The Morgan fingerprint density at radius 3 is 2.52 bits per heavy atom. The Morgan fingerprint density at radius 1 is 1.22 bits per heavy atom. The van der Waals surface area contributed by atoms with E-state index in [0.29, 0.717) is 6.61 Å². The highest BCUT2D eigenvalue weighted by molar-refractivity contribution is 9.28. The smallest absolute Gasteiger partial charge is 0.310 e. The van der Waals surface area contributed by atoms with Crippen molar-refractivity contribution in [3.05, 3.63) is 48.3 Å². The molecule has 0 aliphatic heterocycles. The normalized spacial score (nSPS) is 21.3.